The first kappa shape index (κ1) is 15.9. The van der Waals surface area contributed by atoms with Gasteiger partial charge >= 0.3 is 0 Å². The van der Waals surface area contributed by atoms with Gasteiger partial charge in [0.15, 0.2) is 0 Å². The standard InChI is InChI=1S/C15H20N2O3S/c1-10(2)13(9-18)17-21(19,20)14-7-6-11(3)15-12(14)5-4-8-16-15/h4-8,10,13,17-18H,9H2,1-3H3/t13-/m1/s1. The number of aryl methyl sites for hydroxylation is 1. The Labute approximate surface area is 125 Å². The summed E-state index contributed by atoms with van der Waals surface area (Å²) < 4.78 is 27.7. The number of aliphatic hydroxyl groups excluding tert-OH is 1. The maximum atomic E-state index is 12.6. The number of pyridine rings is 1. The third-order valence-corrected chi connectivity index (χ3v) is 5.08. The topological polar surface area (TPSA) is 79.3 Å². The van der Waals surface area contributed by atoms with E-state index in [-0.39, 0.29) is 17.4 Å². The first-order chi connectivity index (χ1) is 9.86. The SMILES string of the molecule is Cc1ccc(S(=O)(=O)N[C@H](CO)C(C)C)c2cccnc12. The number of nitrogens with one attached hydrogen (secondary N) is 1. The van der Waals surface area contributed by atoms with Gasteiger partial charge in [-0.2, -0.15) is 0 Å². The summed E-state index contributed by atoms with van der Waals surface area (Å²) >= 11 is 0. The Hall–Kier alpha value is -1.50. The molecule has 2 N–H and O–H groups in total. The summed E-state index contributed by atoms with van der Waals surface area (Å²) in [6.45, 7) is 5.37. The van der Waals surface area contributed by atoms with E-state index in [1.54, 1.807) is 30.5 Å². The van der Waals surface area contributed by atoms with Gasteiger partial charge in [0.05, 0.1) is 17.0 Å². The van der Waals surface area contributed by atoms with Crippen LogP contribution in [0.2, 0.25) is 0 Å². The van der Waals surface area contributed by atoms with Gasteiger partial charge < -0.3 is 5.11 Å². The minimum atomic E-state index is -3.71. The highest BCUT2D eigenvalue weighted by Gasteiger charge is 2.24. The zero-order chi connectivity index (χ0) is 15.6. The van der Waals surface area contributed by atoms with Crippen molar-refractivity contribution in [1.29, 1.82) is 0 Å². The largest absolute Gasteiger partial charge is 0.395 e. The molecule has 1 aromatic heterocycles. The normalized spacial score (nSPS) is 13.8. The summed E-state index contributed by atoms with van der Waals surface area (Å²) in [4.78, 5) is 4.44. The molecule has 1 atom stereocenters. The molecular formula is C15H20N2O3S. The lowest BCUT2D eigenvalue weighted by Crippen LogP contribution is -2.41. The zero-order valence-electron chi connectivity index (χ0n) is 12.4. The number of sulfonamides is 1. The van der Waals surface area contributed by atoms with Gasteiger partial charge in [0.25, 0.3) is 0 Å². The first-order valence-electron chi connectivity index (χ1n) is 6.84. The van der Waals surface area contributed by atoms with Crippen LogP contribution in [-0.2, 0) is 10.0 Å². The number of fused-ring (bicyclic) bond motifs is 1. The number of aliphatic hydroxyl groups is 1. The smallest absolute Gasteiger partial charge is 0.241 e. The lowest BCUT2D eigenvalue weighted by Gasteiger charge is -2.20. The van der Waals surface area contributed by atoms with E-state index in [1.165, 1.54) is 0 Å². The number of hydrogen-bond acceptors (Lipinski definition) is 4. The number of aromatic nitrogens is 1. The van der Waals surface area contributed by atoms with E-state index in [1.807, 2.05) is 20.8 Å². The van der Waals surface area contributed by atoms with Crippen LogP contribution in [0.5, 0.6) is 0 Å². The second kappa shape index (κ2) is 6.09. The van der Waals surface area contributed by atoms with E-state index in [4.69, 9.17) is 0 Å². The second-order valence-corrected chi connectivity index (χ2v) is 7.12. The van der Waals surface area contributed by atoms with Crippen LogP contribution in [-0.4, -0.2) is 31.2 Å². The number of hydrogen-bond donors (Lipinski definition) is 2. The fourth-order valence-electron chi connectivity index (χ4n) is 2.17. The van der Waals surface area contributed by atoms with Crippen LogP contribution >= 0.6 is 0 Å². The molecule has 0 unspecified atom stereocenters. The van der Waals surface area contributed by atoms with Gasteiger partial charge in [-0.15, -0.1) is 0 Å². The van der Waals surface area contributed by atoms with Crippen molar-refractivity contribution in [3.63, 3.8) is 0 Å². The quantitative estimate of drug-likeness (QED) is 0.883. The van der Waals surface area contributed by atoms with Crippen LogP contribution in [0.25, 0.3) is 10.9 Å². The van der Waals surface area contributed by atoms with Crippen LogP contribution in [0.15, 0.2) is 35.4 Å². The van der Waals surface area contributed by atoms with E-state index in [2.05, 4.69) is 9.71 Å². The minimum Gasteiger partial charge on any atom is -0.395 e. The van der Waals surface area contributed by atoms with E-state index < -0.39 is 16.1 Å². The molecule has 0 spiro atoms. The minimum absolute atomic E-state index is 0.000359. The van der Waals surface area contributed by atoms with Crippen LogP contribution < -0.4 is 4.72 Å². The Balaban J connectivity index is 2.53. The Kier molecular flexibility index (Phi) is 4.61. The number of benzene rings is 1. The average Bonchev–Trinajstić information content (AvgIpc) is 2.45. The van der Waals surface area contributed by atoms with Crippen LogP contribution in [0.1, 0.15) is 19.4 Å². The molecule has 2 aromatic rings. The van der Waals surface area contributed by atoms with Crippen molar-refractivity contribution in [2.45, 2.75) is 31.7 Å². The molecule has 1 heterocycles. The molecule has 0 saturated carbocycles. The molecule has 1 aromatic carbocycles. The van der Waals surface area contributed by atoms with Gasteiger partial charge in [-0.3, -0.25) is 4.98 Å². The fourth-order valence-corrected chi connectivity index (χ4v) is 3.74. The van der Waals surface area contributed by atoms with Crippen molar-refractivity contribution in [2.75, 3.05) is 6.61 Å². The Morgan fingerprint density at radius 1 is 1.29 bits per heavy atom. The van der Waals surface area contributed by atoms with Crippen molar-refractivity contribution in [3.8, 4) is 0 Å². The summed E-state index contributed by atoms with van der Waals surface area (Å²) in [6, 6.07) is 6.27. The molecule has 0 fully saturated rings. The van der Waals surface area contributed by atoms with E-state index in [0.717, 1.165) is 5.56 Å². The van der Waals surface area contributed by atoms with Crippen LogP contribution in [0.4, 0.5) is 0 Å². The third-order valence-electron chi connectivity index (χ3n) is 3.53. The molecule has 114 valence electrons. The molecule has 2 rings (SSSR count). The van der Waals surface area contributed by atoms with Gasteiger partial charge in [0.1, 0.15) is 0 Å². The molecule has 21 heavy (non-hydrogen) atoms. The molecule has 0 aliphatic carbocycles. The summed E-state index contributed by atoms with van der Waals surface area (Å²) in [7, 11) is -3.71. The van der Waals surface area contributed by atoms with Gasteiger partial charge in [0.2, 0.25) is 10.0 Å². The third kappa shape index (κ3) is 3.23. The fraction of sp³-hybridized carbons (Fsp3) is 0.400. The second-order valence-electron chi connectivity index (χ2n) is 5.43. The molecular weight excluding hydrogens is 288 g/mol. The Bertz CT molecular complexity index is 742. The van der Waals surface area contributed by atoms with E-state index in [9.17, 15) is 13.5 Å². The maximum absolute atomic E-state index is 12.6. The molecule has 0 aliphatic rings. The highest BCUT2D eigenvalue weighted by molar-refractivity contribution is 7.89. The van der Waals surface area contributed by atoms with Crippen molar-refractivity contribution in [2.24, 2.45) is 5.92 Å². The molecule has 5 nitrogen and oxygen atoms in total. The Morgan fingerprint density at radius 3 is 2.62 bits per heavy atom. The molecule has 0 radical (unpaired) electrons. The maximum Gasteiger partial charge on any atom is 0.241 e. The Morgan fingerprint density at radius 2 is 2.00 bits per heavy atom. The predicted octanol–water partition coefficient (Wildman–Crippen LogP) is 1.84. The number of rotatable bonds is 5. The average molecular weight is 308 g/mol. The van der Waals surface area contributed by atoms with Gasteiger partial charge in [-0.05, 0) is 36.6 Å². The lowest BCUT2D eigenvalue weighted by atomic mass is 10.1. The summed E-state index contributed by atoms with van der Waals surface area (Å²) in [5.41, 5.74) is 1.59. The summed E-state index contributed by atoms with van der Waals surface area (Å²) in [5.74, 6) is -0.000359. The molecule has 0 saturated heterocycles. The predicted molar refractivity (Wildman–Crippen MR) is 82.5 cm³/mol. The zero-order valence-corrected chi connectivity index (χ0v) is 13.2. The van der Waals surface area contributed by atoms with E-state index >= 15 is 0 Å². The monoisotopic (exact) mass is 308 g/mol. The van der Waals surface area contributed by atoms with Crippen molar-refractivity contribution >= 4 is 20.9 Å². The van der Waals surface area contributed by atoms with Crippen molar-refractivity contribution in [3.05, 3.63) is 36.0 Å². The first-order valence-corrected chi connectivity index (χ1v) is 8.32. The van der Waals surface area contributed by atoms with Crippen LogP contribution in [0, 0.1) is 12.8 Å². The molecule has 0 bridgehead atoms. The highest BCUT2D eigenvalue weighted by Crippen LogP contribution is 2.24. The molecule has 0 amide bonds. The summed E-state index contributed by atoms with van der Waals surface area (Å²) in [6.07, 6.45) is 1.64. The van der Waals surface area contributed by atoms with Gasteiger partial charge in [-0.1, -0.05) is 19.9 Å². The lowest BCUT2D eigenvalue weighted by molar-refractivity contribution is 0.228. The van der Waals surface area contributed by atoms with Gasteiger partial charge in [0, 0.05) is 17.6 Å². The number of nitrogens with zero attached hydrogens (tertiary/aromatic N) is 1. The molecule has 0 aliphatic heterocycles. The van der Waals surface area contributed by atoms with Gasteiger partial charge in [-0.25, -0.2) is 13.1 Å². The van der Waals surface area contributed by atoms with E-state index in [0.29, 0.717) is 10.9 Å². The highest BCUT2D eigenvalue weighted by atomic mass is 32.2. The van der Waals surface area contributed by atoms with Crippen molar-refractivity contribution in [1.82, 2.24) is 9.71 Å². The van der Waals surface area contributed by atoms with Crippen molar-refractivity contribution < 1.29 is 13.5 Å². The van der Waals surface area contributed by atoms with Crippen LogP contribution in [0.3, 0.4) is 0 Å². The summed E-state index contributed by atoms with van der Waals surface area (Å²) in [5, 5.41) is 9.91. The molecule has 6 heteroatoms.